The fourth-order valence-electron chi connectivity index (χ4n) is 2.64. The zero-order chi connectivity index (χ0) is 16.9. The smallest absolute Gasteiger partial charge is 0.220 e. The number of imidazole rings is 1. The largest absolute Gasteiger partial charge is 0.369 e. The van der Waals surface area contributed by atoms with Gasteiger partial charge in [0.05, 0.1) is 11.0 Å². The van der Waals surface area contributed by atoms with Crippen molar-refractivity contribution in [1.82, 2.24) is 14.9 Å². The maximum atomic E-state index is 12.0. The summed E-state index contributed by atoms with van der Waals surface area (Å²) in [5, 5.41) is 3.56. The lowest BCUT2D eigenvalue weighted by Crippen LogP contribution is -2.22. The molecule has 24 heavy (non-hydrogen) atoms. The summed E-state index contributed by atoms with van der Waals surface area (Å²) in [7, 11) is 0. The van der Waals surface area contributed by atoms with Gasteiger partial charge in [0.25, 0.3) is 0 Å². The van der Waals surface area contributed by atoms with Gasteiger partial charge in [-0.25, -0.2) is 4.98 Å². The fraction of sp³-hybridized carbons (Fsp3) is 0.222. The van der Waals surface area contributed by atoms with Crippen molar-refractivity contribution >= 4 is 34.5 Å². The van der Waals surface area contributed by atoms with E-state index in [9.17, 15) is 4.79 Å². The summed E-state index contributed by atoms with van der Waals surface area (Å²) in [6.07, 6.45) is 1.14. The van der Waals surface area contributed by atoms with Gasteiger partial charge in [-0.05, 0) is 30.2 Å². The number of hydrogen-bond acceptors (Lipinski definition) is 3. The highest BCUT2D eigenvalue weighted by atomic mass is 35.5. The summed E-state index contributed by atoms with van der Waals surface area (Å²) < 4.78 is 1.91. The van der Waals surface area contributed by atoms with Crippen LogP contribution < -0.4 is 11.1 Å². The van der Waals surface area contributed by atoms with Crippen LogP contribution in [-0.2, 0) is 17.9 Å². The number of anilines is 1. The lowest BCUT2D eigenvalue weighted by Gasteiger charge is -2.08. The van der Waals surface area contributed by atoms with Gasteiger partial charge in [-0.1, -0.05) is 41.9 Å². The standard InChI is InChI=1S/C18H19ClN4O/c19-14-8-9-16-15(11-14)22-18(20)23(16)10-4-7-17(24)21-12-13-5-2-1-3-6-13/h1-3,5-6,8-9,11H,4,7,10,12H2,(H2,20,22)(H,21,24). The maximum Gasteiger partial charge on any atom is 0.220 e. The van der Waals surface area contributed by atoms with Crippen LogP contribution in [0, 0.1) is 0 Å². The predicted octanol–water partition coefficient (Wildman–Crippen LogP) is 3.37. The number of fused-ring (bicyclic) bond motifs is 1. The summed E-state index contributed by atoms with van der Waals surface area (Å²) in [4.78, 5) is 16.3. The van der Waals surface area contributed by atoms with Crippen LogP contribution in [0.2, 0.25) is 5.02 Å². The zero-order valence-corrected chi connectivity index (χ0v) is 14.0. The van der Waals surface area contributed by atoms with Crippen LogP contribution in [0.4, 0.5) is 5.95 Å². The Balaban J connectivity index is 1.53. The van der Waals surface area contributed by atoms with Crippen LogP contribution in [0.1, 0.15) is 18.4 Å². The van der Waals surface area contributed by atoms with Crippen LogP contribution in [0.5, 0.6) is 0 Å². The first-order valence-corrected chi connectivity index (χ1v) is 8.23. The van der Waals surface area contributed by atoms with Gasteiger partial charge >= 0.3 is 0 Å². The molecule has 0 unspecified atom stereocenters. The van der Waals surface area contributed by atoms with Gasteiger partial charge < -0.3 is 15.6 Å². The molecular formula is C18H19ClN4O. The SMILES string of the molecule is Nc1nc2cc(Cl)ccc2n1CCCC(=O)NCc1ccccc1. The zero-order valence-electron chi connectivity index (χ0n) is 13.2. The third kappa shape index (κ3) is 3.86. The van der Waals surface area contributed by atoms with Crippen molar-refractivity contribution in [3.05, 3.63) is 59.1 Å². The van der Waals surface area contributed by atoms with Gasteiger partial charge in [-0.2, -0.15) is 0 Å². The minimum atomic E-state index is 0.0323. The van der Waals surface area contributed by atoms with Gasteiger partial charge in [-0.15, -0.1) is 0 Å². The summed E-state index contributed by atoms with van der Waals surface area (Å²) in [6.45, 7) is 1.19. The molecule has 0 bridgehead atoms. The van der Waals surface area contributed by atoms with Crippen molar-refractivity contribution in [3.63, 3.8) is 0 Å². The maximum absolute atomic E-state index is 12.0. The summed E-state index contributed by atoms with van der Waals surface area (Å²) in [6, 6.07) is 15.4. The molecule has 6 heteroatoms. The van der Waals surface area contributed by atoms with Crippen LogP contribution in [0.15, 0.2) is 48.5 Å². The van der Waals surface area contributed by atoms with E-state index in [1.807, 2.05) is 47.0 Å². The number of hydrogen-bond donors (Lipinski definition) is 2. The van der Waals surface area contributed by atoms with E-state index in [0.29, 0.717) is 36.9 Å². The highest BCUT2D eigenvalue weighted by Gasteiger charge is 2.09. The first kappa shape index (κ1) is 16.3. The van der Waals surface area contributed by atoms with E-state index >= 15 is 0 Å². The minimum absolute atomic E-state index is 0.0323. The van der Waals surface area contributed by atoms with Gasteiger partial charge in [0.2, 0.25) is 11.9 Å². The molecule has 3 rings (SSSR count). The Morgan fingerprint density at radius 2 is 2.00 bits per heavy atom. The van der Waals surface area contributed by atoms with E-state index in [0.717, 1.165) is 16.6 Å². The quantitative estimate of drug-likeness (QED) is 0.721. The number of carbonyl (C=O) groups excluding carboxylic acids is 1. The van der Waals surface area contributed by atoms with Crippen molar-refractivity contribution in [2.45, 2.75) is 25.9 Å². The first-order valence-electron chi connectivity index (χ1n) is 7.85. The van der Waals surface area contributed by atoms with E-state index in [1.165, 1.54) is 0 Å². The molecule has 5 nitrogen and oxygen atoms in total. The van der Waals surface area contributed by atoms with Crippen molar-refractivity contribution in [2.24, 2.45) is 0 Å². The molecule has 0 fully saturated rings. The molecule has 1 amide bonds. The number of aryl methyl sites for hydroxylation is 1. The molecule has 0 spiro atoms. The molecule has 3 aromatic rings. The van der Waals surface area contributed by atoms with E-state index in [1.54, 1.807) is 6.07 Å². The lowest BCUT2D eigenvalue weighted by atomic mass is 10.2. The number of nitrogens with zero attached hydrogens (tertiary/aromatic N) is 2. The highest BCUT2D eigenvalue weighted by molar-refractivity contribution is 6.31. The van der Waals surface area contributed by atoms with Crippen molar-refractivity contribution in [2.75, 3.05) is 5.73 Å². The molecule has 0 atom stereocenters. The van der Waals surface area contributed by atoms with E-state index < -0.39 is 0 Å². The lowest BCUT2D eigenvalue weighted by molar-refractivity contribution is -0.121. The predicted molar refractivity (Wildman–Crippen MR) is 96.7 cm³/mol. The number of aromatic nitrogens is 2. The molecule has 0 aliphatic carbocycles. The number of carbonyl (C=O) groups is 1. The topological polar surface area (TPSA) is 72.9 Å². The number of benzene rings is 2. The summed E-state index contributed by atoms with van der Waals surface area (Å²) in [5.41, 5.74) is 8.76. The Labute approximate surface area is 145 Å². The van der Waals surface area contributed by atoms with E-state index in [-0.39, 0.29) is 5.91 Å². The number of nitrogens with two attached hydrogens (primary N) is 1. The van der Waals surface area contributed by atoms with Crippen LogP contribution >= 0.6 is 11.6 Å². The van der Waals surface area contributed by atoms with E-state index in [2.05, 4.69) is 10.3 Å². The van der Waals surface area contributed by atoms with Gasteiger partial charge in [0, 0.05) is 24.5 Å². The van der Waals surface area contributed by atoms with Crippen molar-refractivity contribution < 1.29 is 4.79 Å². The summed E-state index contributed by atoms with van der Waals surface area (Å²) in [5.74, 6) is 0.474. The second-order valence-corrected chi connectivity index (χ2v) is 6.06. The molecule has 1 heterocycles. The molecule has 0 aliphatic heterocycles. The fourth-order valence-corrected chi connectivity index (χ4v) is 2.81. The number of rotatable bonds is 6. The molecule has 124 valence electrons. The molecule has 0 radical (unpaired) electrons. The van der Waals surface area contributed by atoms with Crippen LogP contribution in [-0.4, -0.2) is 15.5 Å². The minimum Gasteiger partial charge on any atom is -0.369 e. The Kier molecular flexibility index (Phi) is 5.01. The monoisotopic (exact) mass is 342 g/mol. The number of nitrogen functional groups attached to an aromatic ring is 1. The van der Waals surface area contributed by atoms with Gasteiger partial charge in [-0.3, -0.25) is 4.79 Å². The normalized spacial score (nSPS) is 10.9. The Bertz CT molecular complexity index is 845. The van der Waals surface area contributed by atoms with Crippen LogP contribution in [0.3, 0.4) is 0 Å². The number of halogens is 1. The Hall–Kier alpha value is -2.53. The van der Waals surface area contributed by atoms with Gasteiger partial charge in [0.15, 0.2) is 0 Å². The van der Waals surface area contributed by atoms with Crippen molar-refractivity contribution in [3.8, 4) is 0 Å². The second-order valence-electron chi connectivity index (χ2n) is 5.62. The summed E-state index contributed by atoms with van der Waals surface area (Å²) >= 11 is 5.97. The first-order chi connectivity index (χ1) is 11.6. The van der Waals surface area contributed by atoms with Crippen LogP contribution in [0.25, 0.3) is 11.0 Å². The average Bonchev–Trinajstić information content (AvgIpc) is 2.88. The Morgan fingerprint density at radius 3 is 2.79 bits per heavy atom. The molecule has 2 aromatic carbocycles. The number of amides is 1. The molecule has 0 aliphatic rings. The van der Waals surface area contributed by atoms with E-state index in [4.69, 9.17) is 17.3 Å². The molecule has 1 aromatic heterocycles. The molecule has 3 N–H and O–H groups in total. The van der Waals surface area contributed by atoms with Crippen molar-refractivity contribution in [1.29, 1.82) is 0 Å². The molecule has 0 saturated carbocycles. The third-order valence-corrected chi connectivity index (χ3v) is 4.09. The van der Waals surface area contributed by atoms with Gasteiger partial charge in [0.1, 0.15) is 0 Å². The average molecular weight is 343 g/mol. The highest BCUT2D eigenvalue weighted by Crippen LogP contribution is 2.22. The third-order valence-electron chi connectivity index (χ3n) is 3.86. The Morgan fingerprint density at radius 1 is 1.21 bits per heavy atom. The second kappa shape index (κ2) is 7.36. The number of nitrogens with one attached hydrogen (secondary N) is 1. The molecular weight excluding hydrogens is 324 g/mol. The molecule has 0 saturated heterocycles.